The van der Waals surface area contributed by atoms with Gasteiger partial charge in [-0.25, -0.2) is 0 Å². The molecule has 162 valence electrons. The topological polar surface area (TPSA) is 60.3 Å². The minimum absolute atomic E-state index is 0.0739. The zero-order valence-corrected chi connectivity index (χ0v) is 18.3. The minimum atomic E-state index is -0.250. The number of fused-ring (bicyclic) bond motifs is 1. The number of hydrogen-bond donors (Lipinski definition) is 1. The lowest BCUT2D eigenvalue weighted by Gasteiger charge is -2.14. The molecule has 0 atom stereocenters. The number of aromatic nitrogens is 1. The predicted octanol–water partition coefficient (Wildman–Crippen LogP) is 4.74. The van der Waals surface area contributed by atoms with Crippen LogP contribution in [-0.4, -0.2) is 17.6 Å². The van der Waals surface area contributed by atoms with E-state index in [0.29, 0.717) is 28.9 Å². The van der Waals surface area contributed by atoms with Crippen LogP contribution >= 0.6 is 0 Å². The number of amides is 1. The largest absolute Gasteiger partial charge is 0.497 e. The van der Waals surface area contributed by atoms with E-state index in [-0.39, 0.29) is 18.0 Å². The van der Waals surface area contributed by atoms with E-state index in [4.69, 9.17) is 4.74 Å². The third-order valence-electron chi connectivity index (χ3n) is 5.54. The number of pyridine rings is 1. The van der Waals surface area contributed by atoms with Crippen LogP contribution < -0.4 is 15.6 Å². The molecule has 0 fully saturated rings. The molecule has 1 aromatic heterocycles. The first-order valence-corrected chi connectivity index (χ1v) is 10.6. The van der Waals surface area contributed by atoms with Crippen LogP contribution in [0.25, 0.3) is 10.9 Å². The predicted molar refractivity (Wildman–Crippen MR) is 128 cm³/mol. The lowest BCUT2D eigenvalue weighted by Crippen LogP contribution is -2.30. The summed E-state index contributed by atoms with van der Waals surface area (Å²) < 4.78 is 6.89. The van der Waals surface area contributed by atoms with Crippen molar-refractivity contribution >= 4 is 22.5 Å². The van der Waals surface area contributed by atoms with Crippen LogP contribution in [0.1, 0.15) is 16.7 Å². The lowest BCUT2D eigenvalue weighted by molar-refractivity contribution is -0.116. The monoisotopic (exact) mass is 426 g/mol. The highest BCUT2D eigenvalue weighted by Crippen LogP contribution is 2.21. The average molecular weight is 427 g/mol. The van der Waals surface area contributed by atoms with Gasteiger partial charge in [-0.05, 0) is 61.0 Å². The Hall–Kier alpha value is -3.86. The van der Waals surface area contributed by atoms with Crippen molar-refractivity contribution in [1.29, 1.82) is 0 Å². The summed E-state index contributed by atoms with van der Waals surface area (Å²) >= 11 is 0. The van der Waals surface area contributed by atoms with Crippen molar-refractivity contribution in [3.8, 4) is 5.75 Å². The molecule has 32 heavy (non-hydrogen) atoms. The van der Waals surface area contributed by atoms with Gasteiger partial charge in [0.25, 0.3) is 5.56 Å². The number of ether oxygens (including phenoxy) is 1. The lowest BCUT2D eigenvalue weighted by atomic mass is 10.0. The van der Waals surface area contributed by atoms with E-state index in [9.17, 15) is 9.59 Å². The van der Waals surface area contributed by atoms with Gasteiger partial charge in [-0.15, -0.1) is 0 Å². The molecule has 5 nitrogen and oxygen atoms in total. The summed E-state index contributed by atoms with van der Waals surface area (Å²) in [5.41, 5.74) is 4.21. The maximum absolute atomic E-state index is 13.4. The zero-order chi connectivity index (χ0) is 22.5. The van der Waals surface area contributed by atoms with Gasteiger partial charge in [-0.3, -0.25) is 14.2 Å². The molecule has 4 rings (SSSR count). The number of anilines is 1. The molecule has 0 bridgehead atoms. The Morgan fingerprint density at radius 1 is 0.938 bits per heavy atom. The standard InChI is InChI=1S/C27H26N2O3/c1-19-8-13-23(14-9-19)28-26(30)18-29-25-17-24(32-2)15-12-21(25)16-22(27(29)31)11-10-20-6-4-3-5-7-20/h3-9,12-17H,10-11,18H2,1-2H3,(H,28,30). The molecule has 1 heterocycles. The molecular weight excluding hydrogens is 400 g/mol. The molecule has 1 N–H and O–H groups in total. The Morgan fingerprint density at radius 3 is 2.41 bits per heavy atom. The van der Waals surface area contributed by atoms with Crippen LogP contribution in [0.2, 0.25) is 0 Å². The quantitative estimate of drug-likeness (QED) is 0.464. The molecule has 0 unspecified atom stereocenters. The third kappa shape index (κ3) is 4.89. The summed E-state index contributed by atoms with van der Waals surface area (Å²) in [4.78, 5) is 26.2. The van der Waals surface area contributed by atoms with E-state index < -0.39 is 0 Å². The summed E-state index contributed by atoms with van der Waals surface area (Å²) in [5, 5.41) is 3.79. The second kappa shape index (κ2) is 9.52. The highest BCUT2D eigenvalue weighted by molar-refractivity contribution is 5.92. The summed E-state index contributed by atoms with van der Waals surface area (Å²) in [6.45, 7) is 1.92. The molecule has 0 radical (unpaired) electrons. The van der Waals surface area contributed by atoms with Crippen LogP contribution in [0.4, 0.5) is 5.69 Å². The first kappa shape index (κ1) is 21.4. The Kier molecular flexibility index (Phi) is 6.36. The summed E-state index contributed by atoms with van der Waals surface area (Å²) in [6.07, 6.45) is 1.36. The van der Waals surface area contributed by atoms with Gasteiger partial charge in [0, 0.05) is 17.3 Å². The van der Waals surface area contributed by atoms with Crippen molar-refractivity contribution in [3.05, 3.63) is 106 Å². The van der Waals surface area contributed by atoms with Gasteiger partial charge < -0.3 is 10.1 Å². The molecule has 0 spiro atoms. The summed E-state index contributed by atoms with van der Waals surface area (Å²) in [6, 6.07) is 25.2. The minimum Gasteiger partial charge on any atom is -0.497 e. The third-order valence-corrected chi connectivity index (χ3v) is 5.54. The molecule has 0 saturated carbocycles. The highest BCUT2D eigenvalue weighted by atomic mass is 16.5. The van der Waals surface area contributed by atoms with Crippen LogP contribution in [-0.2, 0) is 24.2 Å². The van der Waals surface area contributed by atoms with Crippen LogP contribution in [0, 0.1) is 6.92 Å². The first-order chi connectivity index (χ1) is 15.5. The Balaban J connectivity index is 1.67. The first-order valence-electron chi connectivity index (χ1n) is 10.6. The van der Waals surface area contributed by atoms with Crippen molar-refractivity contribution in [2.24, 2.45) is 0 Å². The highest BCUT2D eigenvalue weighted by Gasteiger charge is 2.14. The smallest absolute Gasteiger partial charge is 0.254 e. The van der Waals surface area contributed by atoms with Crippen molar-refractivity contribution in [2.75, 3.05) is 12.4 Å². The van der Waals surface area contributed by atoms with Gasteiger partial charge in [0.1, 0.15) is 12.3 Å². The number of aryl methyl sites for hydroxylation is 3. The maximum atomic E-state index is 13.4. The average Bonchev–Trinajstić information content (AvgIpc) is 2.81. The summed E-state index contributed by atoms with van der Waals surface area (Å²) in [5.74, 6) is 0.391. The van der Waals surface area contributed by atoms with E-state index in [1.807, 2.05) is 67.6 Å². The van der Waals surface area contributed by atoms with Crippen molar-refractivity contribution in [1.82, 2.24) is 4.57 Å². The molecule has 4 aromatic rings. The molecule has 0 aliphatic heterocycles. The Bertz CT molecular complexity index is 1290. The fourth-order valence-corrected chi connectivity index (χ4v) is 3.78. The van der Waals surface area contributed by atoms with Crippen molar-refractivity contribution in [2.45, 2.75) is 26.3 Å². The number of rotatable bonds is 7. The second-order valence-corrected chi connectivity index (χ2v) is 7.89. The van der Waals surface area contributed by atoms with Crippen molar-refractivity contribution in [3.63, 3.8) is 0 Å². The van der Waals surface area contributed by atoms with Gasteiger partial charge in [0.15, 0.2) is 0 Å². The molecular formula is C27H26N2O3. The normalized spacial score (nSPS) is 10.8. The van der Waals surface area contributed by atoms with Gasteiger partial charge in [-0.2, -0.15) is 0 Å². The van der Waals surface area contributed by atoms with Crippen LogP contribution in [0.5, 0.6) is 5.75 Å². The Labute approximate surface area is 187 Å². The number of carbonyl (C=O) groups excluding carboxylic acids is 1. The van der Waals surface area contributed by atoms with E-state index >= 15 is 0 Å². The second-order valence-electron chi connectivity index (χ2n) is 7.89. The van der Waals surface area contributed by atoms with Gasteiger partial charge in [0.2, 0.25) is 5.91 Å². The molecule has 3 aromatic carbocycles. The number of carbonyl (C=O) groups is 1. The number of nitrogens with zero attached hydrogens (tertiary/aromatic N) is 1. The number of methoxy groups -OCH3 is 1. The van der Waals surface area contributed by atoms with E-state index in [0.717, 1.165) is 17.4 Å². The van der Waals surface area contributed by atoms with E-state index in [1.165, 1.54) is 5.56 Å². The van der Waals surface area contributed by atoms with Gasteiger partial charge in [-0.1, -0.05) is 48.0 Å². The maximum Gasteiger partial charge on any atom is 0.254 e. The van der Waals surface area contributed by atoms with E-state index in [1.54, 1.807) is 17.7 Å². The molecule has 0 saturated heterocycles. The molecule has 0 aliphatic carbocycles. The fraction of sp³-hybridized carbons (Fsp3) is 0.185. The van der Waals surface area contributed by atoms with E-state index in [2.05, 4.69) is 17.4 Å². The molecule has 1 amide bonds. The molecule has 5 heteroatoms. The SMILES string of the molecule is COc1ccc2cc(CCc3ccccc3)c(=O)n(CC(=O)Nc3ccc(C)cc3)c2c1. The van der Waals surface area contributed by atoms with Crippen molar-refractivity contribution < 1.29 is 9.53 Å². The number of nitrogens with one attached hydrogen (secondary N) is 1. The van der Waals surface area contributed by atoms with Crippen LogP contribution in [0.3, 0.4) is 0 Å². The van der Waals surface area contributed by atoms with Gasteiger partial charge >= 0.3 is 0 Å². The number of hydrogen-bond acceptors (Lipinski definition) is 3. The zero-order valence-electron chi connectivity index (χ0n) is 18.3. The number of benzene rings is 3. The summed E-state index contributed by atoms with van der Waals surface area (Å²) in [7, 11) is 1.59. The Morgan fingerprint density at radius 2 is 1.69 bits per heavy atom. The molecule has 0 aliphatic rings. The van der Waals surface area contributed by atoms with Crippen LogP contribution in [0.15, 0.2) is 83.7 Å². The fourth-order valence-electron chi connectivity index (χ4n) is 3.78. The van der Waals surface area contributed by atoms with Gasteiger partial charge in [0.05, 0.1) is 12.6 Å².